The van der Waals surface area contributed by atoms with E-state index in [1.165, 1.54) is 11.3 Å². The number of aromatic nitrogens is 2. The van der Waals surface area contributed by atoms with Gasteiger partial charge in [-0.05, 0) is 31.3 Å². The van der Waals surface area contributed by atoms with E-state index in [1.54, 1.807) is 6.92 Å². The molecule has 2 rings (SSSR count). The van der Waals surface area contributed by atoms with E-state index in [1.807, 2.05) is 29.3 Å². The van der Waals surface area contributed by atoms with Crippen molar-refractivity contribution in [2.24, 2.45) is 5.73 Å². The SMILES string of the molecule is CCCN(Cc1nnc(-c2cccs2)o1)[C@@H](C)C(=O)NC(N)=O. The lowest BCUT2D eigenvalue weighted by Gasteiger charge is -2.25. The fourth-order valence-corrected chi connectivity index (χ4v) is 2.72. The molecule has 0 spiro atoms. The maximum absolute atomic E-state index is 11.9. The number of nitrogens with one attached hydrogen (secondary N) is 1. The van der Waals surface area contributed by atoms with Crippen molar-refractivity contribution >= 4 is 23.3 Å². The minimum atomic E-state index is -0.865. The highest BCUT2D eigenvalue weighted by Crippen LogP contribution is 2.23. The number of nitrogens with zero attached hydrogens (tertiary/aromatic N) is 3. The van der Waals surface area contributed by atoms with Gasteiger partial charge in [-0.2, -0.15) is 0 Å². The zero-order valence-electron chi connectivity index (χ0n) is 13.0. The van der Waals surface area contributed by atoms with E-state index < -0.39 is 18.0 Å². The van der Waals surface area contributed by atoms with E-state index in [2.05, 4.69) is 15.5 Å². The minimum Gasteiger partial charge on any atom is -0.419 e. The number of rotatable bonds is 7. The van der Waals surface area contributed by atoms with Crippen LogP contribution >= 0.6 is 11.3 Å². The van der Waals surface area contributed by atoms with Gasteiger partial charge in [0.15, 0.2) is 0 Å². The Balaban J connectivity index is 2.07. The smallest absolute Gasteiger partial charge is 0.318 e. The number of thiophene rings is 1. The second-order valence-electron chi connectivity index (χ2n) is 4.98. The van der Waals surface area contributed by atoms with E-state index in [0.29, 0.717) is 24.9 Å². The number of carbonyl (C=O) groups excluding carboxylic acids is 2. The van der Waals surface area contributed by atoms with E-state index in [-0.39, 0.29) is 0 Å². The number of nitrogens with two attached hydrogens (primary N) is 1. The quantitative estimate of drug-likeness (QED) is 0.793. The largest absolute Gasteiger partial charge is 0.419 e. The molecule has 23 heavy (non-hydrogen) atoms. The predicted octanol–water partition coefficient (Wildman–Crippen LogP) is 1.59. The van der Waals surface area contributed by atoms with Gasteiger partial charge < -0.3 is 10.2 Å². The van der Waals surface area contributed by atoms with E-state index in [9.17, 15) is 9.59 Å². The van der Waals surface area contributed by atoms with Crippen LogP contribution < -0.4 is 11.1 Å². The summed E-state index contributed by atoms with van der Waals surface area (Å²) in [5.41, 5.74) is 4.99. The van der Waals surface area contributed by atoms with Gasteiger partial charge in [0, 0.05) is 0 Å². The molecule has 0 aliphatic carbocycles. The molecule has 2 heterocycles. The predicted molar refractivity (Wildman–Crippen MR) is 85.5 cm³/mol. The standard InChI is InChI=1S/C14H19N5O3S/c1-3-6-19(9(2)12(20)16-14(15)21)8-11-17-18-13(22-11)10-5-4-7-23-10/h4-5,7,9H,3,6,8H2,1-2H3,(H3,15,16,20,21)/t9-/m0/s1. The van der Waals surface area contributed by atoms with Crippen molar-refractivity contribution in [3.8, 4) is 10.8 Å². The normalized spacial score (nSPS) is 12.3. The molecule has 0 radical (unpaired) electrons. The third kappa shape index (κ3) is 4.60. The zero-order valence-corrected chi connectivity index (χ0v) is 13.8. The Bertz CT molecular complexity index is 655. The van der Waals surface area contributed by atoms with Crippen LogP contribution in [0.4, 0.5) is 4.79 Å². The van der Waals surface area contributed by atoms with Crippen molar-refractivity contribution in [2.45, 2.75) is 32.9 Å². The molecule has 0 aliphatic rings. The summed E-state index contributed by atoms with van der Waals surface area (Å²) in [5, 5.41) is 12.1. The average molecular weight is 337 g/mol. The van der Waals surface area contributed by atoms with Crippen molar-refractivity contribution in [1.82, 2.24) is 20.4 Å². The molecule has 0 saturated heterocycles. The number of primary amides is 1. The number of imide groups is 1. The number of carbonyl (C=O) groups is 2. The molecular formula is C14H19N5O3S. The Kier molecular flexibility index (Phi) is 5.83. The molecule has 0 bridgehead atoms. The molecule has 9 heteroatoms. The lowest BCUT2D eigenvalue weighted by atomic mass is 10.2. The first kappa shape index (κ1) is 17.1. The van der Waals surface area contributed by atoms with Crippen LogP contribution in [-0.4, -0.2) is 39.6 Å². The molecule has 3 N–H and O–H groups in total. The third-order valence-corrected chi connectivity index (χ3v) is 4.08. The summed E-state index contributed by atoms with van der Waals surface area (Å²) in [6.07, 6.45) is 0.833. The Morgan fingerprint density at radius 2 is 2.26 bits per heavy atom. The van der Waals surface area contributed by atoms with Crippen LogP contribution in [-0.2, 0) is 11.3 Å². The number of amides is 3. The fraction of sp³-hybridized carbons (Fsp3) is 0.429. The zero-order chi connectivity index (χ0) is 16.8. The van der Waals surface area contributed by atoms with Crippen LogP contribution in [0, 0.1) is 0 Å². The molecule has 1 atom stereocenters. The summed E-state index contributed by atoms with van der Waals surface area (Å²) in [6, 6.07) is 2.40. The topological polar surface area (TPSA) is 114 Å². The van der Waals surface area contributed by atoms with Gasteiger partial charge in [0.2, 0.25) is 11.8 Å². The van der Waals surface area contributed by atoms with Gasteiger partial charge in [-0.25, -0.2) is 4.79 Å². The summed E-state index contributed by atoms with van der Waals surface area (Å²) >= 11 is 1.51. The maximum Gasteiger partial charge on any atom is 0.318 e. The van der Waals surface area contributed by atoms with Crippen molar-refractivity contribution in [3.05, 3.63) is 23.4 Å². The molecule has 2 aromatic rings. The van der Waals surface area contributed by atoms with Crippen LogP contribution in [0.25, 0.3) is 10.8 Å². The molecule has 0 aromatic carbocycles. The van der Waals surface area contributed by atoms with Crippen molar-refractivity contribution in [2.75, 3.05) is 6.54 Å². The molecule has 124 valence electrons. The van der Waals surface area contributed by atoms with Gasteiger partial charge in [-0.1, -0.05) is 13.0 Å². The van der Waals surface area contributed by atoms with Gasteiger partial charge >= 0.3 is 6.03 Å². The van der Waals surface area contributed by atoms with Gasteiger partial charge in [0.05, 0.1) is 17.5 Å². The first-order valence-electron chi connectivity index (χ1n) is 7.21. The molecule has 0 fully saturated rings. The lowest BCUT2D eigenvalue weighted by Crippen LogP contribution is -2.48. The van der Waals surface area contributed by atoms with Crippen LogP contribution in [0.1, 0.15) is 26.2 Å². The second-order valence-corrected chi connectivity index (χ2v) is 5.93. The molecule has 0 saturated carbocycles. The highest BCUT2D eigenvalue weighted by Gasteiger charge is 2.24. The molecular weight excluding hydrogens is 318 g/mol. The number of hydrogen-bond donors (Lipinski definition) is 2. The Labute approximate surface area is 137 Å². The van der Waals surface area contributed by atoms with Crippen LogP contribution in [0.2, 0.25) is 0 Å². The Morgan fingerprint density at radius 3 is 2.87 bits per heavy atom. The first-order chi connectivity index (χ1) is 11.0. The first-order valence-corrected chi connectivity index (χ1v) is 8.09. The van der Waals surface area contributed by atoms with Crippen molar-refractivity contribution in [1.29, 1.82) is 0 Å². The third-order valence-electron chi connectivity index (χ3n) is 3.22. The Hall–Kier alpha value is -2.26. The summed E-state index contributed by atoms with van der Waals surface area (Å²) in [6.45, 7) is 4.66. The van der Waals surface area contributed by atoms with E-state index in [0.717, 1.165) is 11.3 Å². The summed E-state index contributed by atoms with van der Waals surface area (Å²) in [7, 11) is 0. The van der Waals surface area contributed by atoms with E-state index >= 15 is 0 Å². The van der Waals surface area contributed by atoms with E-state index in [4.69, 9.17) is 10.2 Å². The summed E-state index contributed by atoms with van der Waals surface area (Å²) in [5.74, 6) is 0.421. The number of hydrogen-bond acceptors (Lipinski definition) is 7. The second kappa shape index (κ2) is 7.84. The van der Waals surface area contributed by atoms with Crippen LogP contribution in [0.3, 0.4) is 0 Å². The fourth-order valence-electron chi connectivity index (χ4n) is 2.08. The van der Waals surface area contributed by atoms with Crippen molar-refractivity contribution < 1.29 is 14.0 Å². The molecule has 2 aromatic heterocycles. The minimum absolute atomic E-state index is 0.319. The van der Waals surface area contributed by atoms with Gasteiger partial charge in [-0.15, -0.1) is 21.5 Å². The molecule has 0 aliphatic heterocycles. The monoisotopic (exact) mass is 337 g/mol. The highest BCUT2D eigenvalue weighted by molar-refractivity contribution is 7.13. The molecule has 8 nitrogen and oxygen atoms in total. The highest BCUT2D eigenvalue weighted by atomic mass is 32.1. The summed E-state index contributed by atoms with van der Waals surface area (Å²) < 4.78 is 5.64. The lowest BCUT2D eigenvalue weighted by molar-refractivity contribution is -0.125. The van der Waals surface area contributed by atoms with Crippen LogP contribution in [0.15, 0.2) is 21.9 Å². The molecule has 3 amide bonds. The molecule has 0 unspecified atom stereocenters. The summed E-state index contributed by atoms with van der Waals surface area (Å²) in [4.78, 5) is 25.5. The maximum atomic E-state index is 11.9. The Morgan fingerprint density at radius 1 is 1.48 bits per heavy atom. The van der Waals surface area contributed by atoms with Gasteiger partial charge in [0.25, 0.3) is 5.89 Å². The number of urea groups is 1. The van der Waals surface area contributed by atoms with Crippen molar-refractivity contribution in [3.63, 3.8) is 0 Å². The van der Waals surface area contributed by atoms with Gasteiger partial charge in [-0.3, -0.25) is 15.0 Å². The van der Waals surface area contributed by atoms with Crippen LogP contribution in [0.5, 0.6) is 0 Å². The van der Waals surface area contributed by atoms with Gasteiger partial charge in [0.1, 0.15) is 0 Å². The average Bonchev–Trinajstić information content (AvgIpc) is 3.16.